The fraction of sp³-hybridized carbons (Fsp3) is 0.450. The zero-order chi connectivity index (χ0) is 17.2. The molecule has 4 rings (SSSR count). The SMILES string of the molecule is O=C(c1ccc2c(c1)CCCO2)N1CCC(C(O)c2cccs2)CC1. The van der Waals surface area contributed by atoms with Gasteiger partial charge in [-0.3, -0.25) is 4.79 Å². The van der Waals surface area contributed by atoms with Crippen LogP contribution in [0.25, 0.3) is 0 Å². The Labute approximate surface area is 152 Å². The van der Waals surface area contributed by atoms with E-state index in [1.807, 2.05) is 40.6 Å². The number of aliphatic hydroxyl groups excluding tert-OH is 1. The smallest absolute Gasteiger partial charge is 0.253 e. The number of benzene rings is 1. The van der Waals surface area contributed by atoms with E-state index in [4.69, 9.17) is 4.74 Å². The number of aliphatic hydroxyl groups is 1. The minimum atomic E-state index is -0.404. The molecule has 1 N–H and O–H groups in total. The van der Waals surface area contributed by atoms with E-state index in [1.165, 1.54) is 0 Å². The summed E-state index contributed by atoms with van der Waals surface area (Å²) >= 11 is 1.60. The van der Waals surface area contributed by atoms with Crippen molar-refractivity contribution in [2.24, 2.45) is 5.92 Å². The second-order valence-corrected chi connectivity index (χ2v) is 7.84. The molecule has 132 valence electrons. The normalized spacial score (nSPS) is 19.2. The standard InChI is InChI=1S/C20H23NO3S/c22-19(18-4-2-12-25-18)14-7-9-21(10-8-14)20(23)16-5-6-17-15(13-16)3-1-11-24-17/h2,4-6,12-14,19,22H,1,3,7-11H2. The summed E-state index contributed by atoms with van der Waals surface area (Å²) in [4.78, 5) is 15.8. The van der Waals surface area contributed by atoms with E-state index in [0.717, 1.165) is 54.0 Å². The third-order valence-electron chi connectivity index (χ3n) is 5.26. The van der Waals surface area contributed by atoms with Crippen LogP contribution in [0.4, 0.5) is 0 Å². The Morgan fingerprint density at radius 3 is 2.88 bits per heavy atom. The van der Waals surface area contributed by atoms with Gasteiger partial charge in [-0.25, -0.2) is 0 Å². The molecule has 0 bridgehead atoms. The van der Waals surface area contributed by atoms with Crippen LogP contribution in [-0.4, -0.2) is 35.6 Å². The summed E-state index contributed by atoms with van der Waals surface area (Å²) < 4.78 is 5.63. The number of carbonyl (C=O) groups excluding carboxylic acids is 1. The number of nitrogens with zero attached hydrogens (tertiary/aromatic N) is 1. The number of rotatable bonds is 3. The van der Waals surface area contributed by atoms with E-state index in [0.29, 0.717) is 13.1 Å². The lowest BCUT2D eigenvalue weighted by Gasteiger charge is -2.34. The van der Waals surface area contributed by atoms with Crippen LogP contribution >= 0.6 is 11.3 Å². The number of thiophene rings is 1. The van der Waals surface area contributed by atoms with Crippen molar-refractivity contribution in [3.05, 3.63) is 51.7 Å². The first kappa shape index (κ1) is 16.6. The second-order valence-electron chi connectivity index (χ2n) is 6.86. The maximum Gasteiger partial charge on any atom is 0.253 e. The Kier molecular flexibility index (Phi) is 4.77. The molecule has 1 saturated heterocycles. The topological polar surface area (TPSA) is 49.8 Å². The number of ether oxygens (including phenoxy) is 1. The van der Waals surface area contributed by atoms with Crippen molar-refractivity contribution in [1.29, 1.82) is 0 Å². The van der Waals surface area contributed by atoms with Gasteiger partial charge in [0.2, 0.25) is 0 Å². The highest BCUT2D eigenvalue weighted by Gasteiger charge is 2.29. The number of aryl methyl sites for hydroxylation is 1. The van der Waals surface area contributed by atoms with Crippen molar-refractivity contribution < 1.29 is 14.6 Å². The molecule has 4 nitrogen and oxygen atoms in total. The summed E-state index contributed by atoms with van der Waals surface area (Å²) in [6.45, 7) is 2.18. The second kappa shape index (κ2) is 7.18. The largest absolute Gasteiger partial charge is 0.493 e. The van der Waals surface area contributed by atoms with Gasteiger partial charge in [0, 0.05) is 23.5 Å². The number of fused-ring (bicyclic) bond motifs is 1. The molecule has 0 spiro atoms. The number of carbonyl (C=O) groups is 1. The predicted molar refractivity (Wildman–Crippen MR) is 98.2 cm³/mol. The van der Waals surface area contributed by atoms with Gasteiger partial charge in [-0.05, 0) is 66.8 Å². The number of amides is 1. The van der Waals surface area contributed by atoms with Crippen LogP contribution in [0.5, 0.6) is 5.75 Å². The first-order chi connectivity index (χ1) is 12.2. The monoisotopic (exact) mass is 357 g/mol. The average Bonchev–Trinajstić information content (AvgIpc) is 3.21. The van der Waals surface area contributed by atoms with Crippen molar-refractivity contribution in [3.63, 3.8) is 0 Å². The van der Waals surface area contributed by atoms with Crippen LogP contribution in [0.1, 0.15) is 46.2 Å². The molecule has 2 aliphatic heterocycles. The molecule has 25 heavy (non-hydrogen) atoms. The third-order valence-corrected chi connectivity index (χ3v) is 6.21. The predicted octanol–water partition coefficient (Wildman–Crippen LogP) is 3.66. The van der Waals surface area contributed by atoms with Gasteiger partial charge >= 0.3 is 0 Å². The lowest BCUT2D eigenvalue weighted by molar-refractivity contribution is 0.0474. The lowest BCUT2D eigenvalue weighted by atomic mass is 9.90. The van der Waals surface area contributed by atoms with Crippen molar-refractivity contribution in [2.45, 2.75) is 31.8 Å². The summed E-state index contributed by atoms with van der Waals surface area (Å²) in [5.74, 6) is 1.25. The summed E-state index contributed by atoms with van der Waals surface area (Å²) in [6, 6.07) is 9.75. The van der Waals surface area contributed by atoms with Crippen LogP contribution in [0.15, 0.2) is 35.7 Å². The summed E-state index contributed by atoms with van der Waals surface area (Å²) in [6.07, 6.45) is 3.28. The van der Waals surface area contributed by atoms with Crippen molar-refractivity contribution in [1.82, 2.24) is 4.90 Å². The van der Waals surface area contributed by atoms with Gasteiger partial charge in [0.1, 0.15) is 5.75 Å². The molecule has 1 unspecified atom stereocenters. The van der Waals surface area contributed by atoms with Crippen LogP contribution in [0.3, 0.4) is 0 Å². The van der Waals surface area contributed by atoms with Crippen molar-refractivity contribution in [3.8, 4) is 5.75 Å². The average molecular weight is 357 g/mol. The Balaban J connectivity index is 1.39. The number of likely N-dealkylation sites (tertiary alicyclic amines) is 1. The van der Waals surface area contributed by atoms with Crippen molar-refractivity contribution in [2.75, 3.05) is 19.7 Å². The summed E-state index contributed by atoms with van der Waals surface area (Å²) in [7, 11) is 0. The molecule has 1 fully saturated rings. The van der Waals surface area contributed by atoms with Crippen LogP contribution < -0.4 is 4.74 Å². The molecular formula is C20H23NO3S. The quantitative estimate of drug-likeness (QED) is 0.912. The highest BCUT2D eigenvalue weighted by Crippen LogP contribution is 2.33. The summed E-state index contributed by atoms with van der Waals surface area (Å²) in [5, 5.41) is 12.5. The van der Waals surface area contributed by atoms with Gasteiger partial charge in [-0.2, -0.15) is 0 Å². The van der Waals surface area contributed by atoms with Crippen LogP contribution in [-0.2, 0) is 6.42 Å². The fourth-order valence-electron chi connectivity index (χ4n) is 3.79. The maximum absolute atomic E-state index is 12.8. The molecule has 1 aromatic carbocycles. The zero-order valence-electron chi connectivity index (χ0n) is 14.2. The highest BCUT2D eigenvalue weighted by atomic mass is 32.1. The number of hydrogen-bond donors (Lipinski definition) is 1. The van der Waals surface area contributed by atoms with Gasteiger partial charge in [-0.1, -0.05) is 6.07 Å². The van der Waals surface area contributed by atoms with Gasteiger partial charge in [-0.15, -0.1) is 11.3 Å². The van der Waals surface area contributed by atoms with Gasteiger partial charge < -0.3 is 14.7 Å². The Morgan fingerprint density at radius 2 is 2.12 bits per heavy atom. The first-order valence-corrected chi connectivity index (χ1v) is 9.87. The van der Waals surface area contributed by atoms with Gasteiger partial charge in [0.25, 0.3) is 5.91 Å². The van der Waals surface area contributed by atoms with Gasteiger partial charge in [0.05, 0.1) is 12.7 Å². The third kappa shape index (κ3) is 3.44. The van der Waals surface area contributed by atoms with Crippen LogP contribution in [0, 0.1) is 5.92 Å². The first-order valence-electron chi connectivity index (χ1n) is 8.99. The van der Waals surface area contributed by atoms with E-state index in [-0.39, 0.29) is 11.8 Å². The summed E-state index contributed by atoms with van der Waals surface area (Å²) in [5.41, 5.74) is 1.89. The number of hydrogen-bond acceptors (Lipinski definition) is 4. The maximum atomic E-state index is 12.8. The number of piperidine rings is 1. The Morgan fingerprint density at radius 1 is 1.28 bits per heavy atom. The van der Waals surface area contributed by atoms with E-state index >= 15 is 0 Å². The van der Waals surface area contributed by atoms with E-state index < -0.39 is 6.10 Å². The molecule has 3 heterocycles. The molecule has 1 aromatic heterocycles. The molecule has 2 aromatic rings. The van der Waals surface area contributed by atoms with Crippen molar-refractivity contribution >= 4 is 17.2 Å². The van der Waals surface area contributed by atoms with Gasteiger partial charge in [0.15, 0.2) is 0 Å². The van der Waals surface area contributed by atoms with Crippen LogP contribution in [0.2, 0.25) is 0 Å². The molecular weight excluding hydrogens is 334 g/mol. The molecule has 0 saturated carbocycles. The minimum absolute atomic E-state index is 0.0948. The molecule has 1 amide bonds. The fourth-order valence-corrected chi connectivity index (χ4v) is 4.59. The molecule has 0 radical (unpaired) electrons. The van der Waals surface area contributed by atoms with E-state index in [1.54, 1.807) is 11.3 Å². The molecule has 2 aliphatic rings. The minimum Gasteiger partial charge on any atom is -0.493 e. The Bertz CT molecular complexity index is 735. The lowest BCUT2D eigenvalue weighted by Crippen LogP contribution is -2.39. The van der Waals surface area contributed by atoms with E-state index in [9.17, 15) is 9.90 Å². The Hall–Kier alpha value is -1.85. The molecule has 0 aliphatic carbocycles. The molecule has 5 heteroatoms. The highest BCUT2D eigenvalue weighted by molar-refractivity contribution is 7.10. The molecule has 1 atom stereocenters. The zero-order valence-corrected chi connectivity index (χ0v) is 15.0. The van der Waals surface area contributed by atoms with E-state index in [2.05, 4.69) is 0 Å².